The Morgan fingerprint density at radius 1 is 1.11 bits per heavy atom. The number of ether oxygens (including phenoxy) is 1. The minimum Gasteiger partial charge on any atom is -0.493 e. The number of aromatic amines is 1. The summed E-state index contributed by atoms with van der Waals surface area (Å²) in [6.45, 7) is 1.92. The molecule has 2 N–H and O–H groups in total. The van der Waals surface area contributed by atoms with Gasteiger partial charge in [-0.05, 0) is 48.7 Å². The van der Waals surface area contributed by atoms with Gasteiger partial charge in [-0.15, -0.1) is 0 Å². The highest BCUT2D eigenvalue weighted by Gasteiger charge is 2.32. The molecule has 0 radical (unpaired) electrons. The van der Waals surface area contributed by atoms with Crippen LogP contribution < -0.4 is 20.5 Å². The first-order valence-corrected chi connectivity index (χ1v) is 12.8. The molecule has 3 heterocycles. The minimum atomic E-state index is -4.48. The zero-order valence-electron chi connectivity index (χ0n) is 19.3. The zero-order valence-corrected chi connectivity index (χ0v) is 20.1. The highest BCUT2D eigenvalue weighted by atomic mass is 32.2. The van der Waals surface area contributed by atoms with E-state index in [2.05, 4.69) is 15.2 Å². The van der Waals surface area contributed by atoms with Crippen molar-refractivity contribution in [2.75, 3.05) is 41.4 Å². The fourth-order valence-corrected chi connectivity index (χ4v) is 5.36. The Kier molecular flexibility index (Phi) is 6.70. The maximum absolute atomic E-state index is 13.1. The predicted molar refractivity (Wildman–Crippen MR) is 137 cm³/mol. The van der Waals surface area contributed by atoms with E-state index in [-0.39, 0.29) is 17.9 Å². The predicted octanol–water partition coefficient (Wildman–Crippen LogP) is 5.29. The van der Waals surface area contributed by atoms with E-state index in [0.29, 0.717) is 40.9 Å². The maximum Gasteiger partial charge on any atom is 0.416 e. The number of H-pyrrole nitrogens is 1. The van der Waals surface area contributed by atoms with Gasteiger partial charge in [0.2, 0.25) is 5.91 Å². The Labute approximate surface area is 209 Å². The third kappa shape index (κ3) is 5.23. The molecule has 36 heavy (non-hydrogen) atoms. The summed E-state index contributed by atoms with van der Waals surface area (Å²) in [6.07, 6.45) is -2.01. The van der Waals surface area contributed by atoms with E-state index in [0.717, 1.165) is 42.1 Å². The molecule has 1 fully saturated rings. The molecule has 1 saturated heterocycles. The molecule has 188 valence electrons. The summed E-state index contributed by atoms with van der Waals surface area (Å²) in [5.74, 6) is 1.67. The number of nitrogens with zero attached hydrogens (tertiary/aromatic N) is 1. The number of carbonyl (C=O) groups is 1. The lowest BCUT2D eigenvalue weighted by molar-refractivity contribution is -0.137. The van der Waals surface area contributed by atoms with Gasteiger partial charge >= 0.3 is 6.18 Å². The summed E-state index contributed by atoms with van der Waals surface area (Å²) in [5.41, 5.74) is 1.86. The maximum atomic E-state index is 13.1. The van der Waals surface area contributed by atoms with Gasteiger partial charge in [0.05, 0.1) is 17.7 Å². The number of alkyl halides is 3. The van der Waals surface area contributed by atoms with Crippen molar-refractivity contribution in [1.29, 1.82) is 0 Å². The van der Waals surface area contributed by atoms with Crippen LogP contribution in [0.25, 0.3) is 16.5 Å². The van der Waals surface area contributed by atoms with E-state index < -0.39 is 17.6 Å². The van der Waals surface area contributed by atoms with Gasteiger partial charge in [-0.25, -0.2) is 0 Å². The van der Waals surface area contributed by atoms with Gasteiger partial charge in [0.25, 0.3) is 5.56 Å². The van der Waals surface area contributed by atoms with Gasteiger partial charge in [0.1, 0.15) is 11.4 Å². The van der Waals surface area contributed by atoms with Crippen molar-refractivity contribution in [1.82, 2.24) is 4.98 Å². The van der Waals surface area contributed by atoms with Crippen LogP contribution in [-0.4, -0.2) is 42.1 Å². The Hall–Kier alpha value is -3.40. The van der Waals surface area contributed by atoms with Gasteiger partial charge < -0.3 is 19.9 Å². The standard InChI is InChI=1S/C26H24F3N3O3S/c27-26(28,29)18-4-6-20-16(2-1-9-35-23(20)14-18)13-24(33)30-19-5-3-17-12-22(25(34)31-21(17)15-19)32-7-10-36-11-8-32/h3-6,12-15H,1-2,7-11H2,(H,30,33)(H,31,34)/b16-13+. The Bertz CT molecular complexity index is 1390. The number of pyridine rings is 1. The number of nitrogens with one attached hydrogen (secondary N) is 2. The van der Waals surface area contributed by atoms with Gasteiger partial charge in [0, 0.05) is 47.3 Å². The summed E-state index contributed by atoms with van der Waals surface area (Å²) >= 11 is 1.87. The Morgan fingerprint density at radius 2 is 1.92 bits per heavy atom. The normalized spacial score (nSPS) is 17.4. The molecule has 2 aliphatic rings. The molecular weight excluding hydrogens is 491 g/mol. The number of fused-ring (bicyclic) bond motifs is 2. The number of halogens is 3. The average molecular weight is 516 g/mol. The molecule has 0 aliphatic carbocycles. The van der Waals surface area contributed by atoms with Crippen molar-refractivity contribution in [2.45, 2.75) is 19.0 Å². The highest BCUT2D eigenvalue weighted by molar-refractivity contribution is 7.99. The van der Waals surface area contributed by atoms with E-state index in [4.69, 9.17) is 4.74 Å². The second-order valence-electron chi connectivity index (χ2n) is 8.70. The van der Waals surface area contributed by atoms with Crippen LogP contribution in [0.1, 0.15) is 24.0 Å². The molecule has 10 heteroatoms. The monoisotopic (exact) mass is 515 g/mol. The van der Waals surface area contributed by atoms with Crippen LogP contribution in [0.4, 0.5) is 24.5 Å². The van der Waals surface area contributed by atoms with Crippen LogP contribution in [0.15, 0.2) is 53.3 Å². The number of carbonyl (C=O) groups excluding carboxylic acids is 1. The first kappa shape index (κ1) is 24.3. The minimum absolute atomic E-state index is 0.118. The third-order valence-electron chi connectivity index (χ3n) is 6.25. The van der Waals surface area contributed by atoms with E-state index in [1.165, 1.54) is 12.1 Å². The largest absolute Gasteiger partial charge is 0.493 e. The summed E-state index contributed by atoms with van der Waals surface area (Å²) in [5, 5.41) is 3.65. The summed E-state index contributed by atoms with van der Waals surface area (Å²) in [7, 11) is 0. The quantitative estimate of drug-likeness (QED) is 0.464. The first-order chi connectivity index (χ1) is 17.3. The lowest BCUT2D eigenvalue weighted by Gasteiger charge is -2.27. The molecule has 0 atom stereocenters. The van der Waals surface area contributed by atoms with E-state index in [9.17, 15) is 22.8 Å². The number of rotatable bonds is 3. The van der Waals surface area contributed by atoms with Crippen LogP contribution in [0.5, 0.6) is 5.75 Å². The molecule has 1 aromatic heterocycles. The number of benzene rings is 2. The van der Waals surface area contributed by atoms with Crippen molar-refractivity contribution in [3.63, 3.8) is 0 Å². The molecule has 1 amide bonds. The smallest absolute Gasteiger partial charge is 0.416 e. The lowest BCUT2D eigenvalue weighted by Crippen LogP contribution is -2.36. The fourth-order valence-electron chi connectivity index (χ4n) is 4.46. The molecule has 0 bridgehead atoms. The number of amides is 1. The molecule has 0 spiro atoms. The molecule has 6 nitrogen and oxygen atoms in total. The van der Waals surface area contributed by atoms with Crippen LogP contribution in [0, 0.1) is 0 Å². The average Bonchev–Trinajstić information content (AvgIpc) is 3.05. The number of hydrogen-bond donors (Lipinski definition) is 2. The van der Waals surface area contributed by atoms with Gasteiger partial charge in [-0.1, -0.05) is 12.1 Å². The molecule has 2 aliphatic heterocycles. The SMILES string of the molecule is O=C(/C=C1\CCCOc2cc(C(F)(F)F)ccc21)Nc1ccc2cc(N3CCSCC3)c(=O)[nH]c2c1. The van der Waals surface area contributed by atoms with Gasteiger partial charge in [-0.2, -0.15) is 24.9 Å². The van der Waals surface area contributed by atoms with Crippen LogP contribution in [0.3, 0.4) is 0 Å². The Morgan fingerprint density at radius 3 is 2.69 bits per heavy atom. The van der Waals surface area contributed by atoms with Crippen molar-refractivity contribution < 1.29 is 22.7 Å². The highest BCUT2D eigenvalue weighted by Crippen LogP contribution is 2.38. The van der Waals surface area contributed by atoms with Crippen molar-refractivity contribution >= 4 is 45.5 Å². The number of aromatic nitrogens is 1. The zero-order chi connectivity index (χ0) is 25.3. The van der Waals surface area contributed by atoms with Crippen molar-refractivity contribution in [3.8, 4) is 5.75 Å². The molecular formula is C26H24F3N3O3S. The van der Waals surface area contributed by atoms with Crippen LogP contribution in [0.2, 0.25) is 0 Å². The second-order valence-corrected chi connectivity index (χ2v) is 9.93. The number of hydrogen-bond acceptors (Lipinski definition) is 5. The molecule has 2 aromatic carbocycles. The van der Waals surface area contributed by atoms with Crippen molar-refractivity contribution in [3.05, 3.63) is 70.0 Å². The Balaban J connectivity index is 1.37. The molecule has 0 unspecified atom stereocenters. The van der Waals surface area contributed by atoms with Gasteiger partial charge in [0.15, 0.2) is 0 Å². The number of anilines is 2. The molecule has 5 rings (SSSR count). The third-order valence-corrected chi connectivity index (χ3v) is 7.20. The summed E-state index contributed by atoms with van der Waals surface area (Å²) in [6, 6.07) is 10.5. The second kappa shape index (κ2) is 9.93. The van der Waals surface area contributed by atoms with Crippen LogP contribution >= 0.6 is 11.8 Å². The van der Waals surface area contributed by atoms with Gasteiger partial charge in [-0.3, -0.25) is 9.59 Å². The van der Waals surface area contributed by atoms with E-state index in [1.807, 2.05) is 23.9 Å². The van der Waals surface area contributed by atoms with E-state index >= 15 is 0 Å². The fraction of sp³-hybridized carbons (Fsp3) is 0.308. The summed E-state index contributed by atoms with van der Waals surface area (Å²) < 4.78 is 44.8. The number of allylic oxidation sites excluding steroid dienone is 1. The topological polar surface area (TPSA) is 74.4 Å². The van der Waals surface area contributed by atoms with Crippen LogP contribution in [-0.2, 0) is 11.0 Å². The molecule has 0 saturated carbocycles. The van der Waals surface area contributed by atoms with E-state index in [1.54, 1.807) is 12.1 Å². The molecule has 3 aromatic rings. The first-order valence-electron chi connectivity index (χ1n) is 11.6. The van der Waals surface area contributed by atoms with Crippen molar-refractivity contribution in [2.24, 2.45) is 0 Å². The summed E-state index contributed by atoms with van der Waals surface area (Å²) in [4.78, 5) is 30.5. The lowest BCUT2D eigenvalue weighted by atomic mass is 9.99. The number of thioether (sulfide) groups is 1.